The second-order valence-electron chi connectivity index (χ2n) is 7.74. The quantitative estimate of drug-likeness (QED) is 0.286. The van der Waals surface area contributed by atoms with Crippen LogP contribution in [0.25, 0.3) is 0 Å². The molecule has 0 spiro atoms. The van der Waals surface area contributed by atoms with Gasteiger partial charge in [0.25, 0.3) is 0 Å². The van der Waals surface area contributed by atoms with Gasteiger partial charge in [-0.15, -0.1) is 0 Å². The largest absolute Gasteiger partial charge is 0.469 e. The lowest BCUT2D eigenvalue weighted by Gasteiger charge is -2.24. The van der Waals surface area contributed by atoms with Gasteiger partial charge in [-0.05, 0) is 57.3 Å². The predicted molar refractivity (Wildman–Crippen MR) is 103 cm³/mol. The number of esters is 2. The van der Waals surface area contributed by atoms with Crippen LogP contribution in [0.4, 0.5) is 0 Å². The van der Waals surface area contributed by atoms with E-state index in [0.717, 1.165) is 57.1 Å². The smallest absolute Gasteiger partial charge is 0.330 e. The molecule has 1 saturated heterocycles. The Morgan fingerprint density at radius 2 is 2.00 bits per heavy atom. The van der Waals surface area contributed by atoms with Crippen molar-refractivity contribution in [1.29, 1.82) is 0 Å². The first-order valence-corrected chi connectivity index (χ1v) is 10.0. The molecule has 6 heteroatoms. The van der Waals surface area contributed by atoms with Gasteiger partial charge in [0.05, 0.1) is 26.7 Å². The highest BCUT2D eigenvalue weighted by atomic mass is 16.7. The Balaban J connectivity index is 2.48. The zero-order chi connectivity index (χ0) is 20.1. The molecule has 1 aliphatic heterocycles. The Morgan fingerprint density at radius 3 is 2.63 bits per heavy atom. The first-order valence-electron chi connectivity index (χ1n) is 10.0. The third-order valence-electron chi connectivity index (χ3n) is 4.67. The number of hydrogen-bond donors (Lipinski definition) is 0. The van der Waals surface area contributed by atoms with E-state index in [9.17, 15) is 9.59 Å². The first-order chi connectivity index (χ1) is 12.9. The number of hydrogen-bond acceptors (Lipinski definition) is 6. The monoisotopic (exact) mass is 384 g/mol. The van der Waals surface area contributed by atoms with E-state index in [-0.39, 0.29) is 23.6 Å². The van der Waals surface area contributed by atoms with Gasteiger partial charge in [0.1, 0.15) is 0 Å². The van der Waals surface area contributed by atoms with Crippen molar-refractivity contribution in [2.45, 2.75) is 78.4 Å². The van der Waals surface area contributed by atoms with Crippen molar-refractivity contribution in [3.05, 3.63) is 11.6 Å². The third-order valence-corrected chi connectivity index (χ3v) is 4.67. The van der Waals surface area contributed by atoms with Gasteiger partial charge in [-0.25, -0.2) is 4.79 Å². The van der Waals surface area contributed by atoms with Crippen LogP contribution in [-0.4, -0.2) is 45.2 Å². The first kappa shape index (κ1) is 23.6. The third kappa shape index (κ3) is 11.1. The van der Waals surface area contributed by atoms with Gasteiger partial charge >= 0.3 is 11.9 Å². The lowest BCUT2D eigenvalue weighted by Crippen LogP contribution is -2.22. The number of carbonyl (C=O) groups is 2. The molecule has 0 aromatic rings. The maximum absolute atomic E-state index is 11.9. The van der Waals surface area contributed by atoms with Crippen molar-refractivity contribution in [2.24, 2.45) is 5.41 Å². The summed E-state index contributed by atoms with van der Waals surface area (Å²) in [5, 5.41) is 0. The Morgan fingerprint density at radius 1 is 1.22 bits per heavy atom. The van der Waals surface area contributed by atoms with Crippen LogP contribution in [0.2, 0.25) is 0 Å². The number of ether oxygens (including phenoxy) is 4. The second kappa shape index (κ2) is 12.9. The van der Waals surface area contributed by atoms with Crippen molar-refractivity contribution in [2.75, 3.05) is 26.9 Å². The Kier molecular flexibility index (Phi) is 11.3. The molecule has 0 N–H and O–H groups in total. The van der Waals surface area contributed by atoms with E-state index >= 15 is 0 Å². The molecule has 0 radical (unpaired) electrons. The van der Waals surface area contributed by atoms with E-state index in [4.69, 9.17) is 18.9 Å². The molecule has 1 atom stereocenters. The highest BCUT2D eigenvalue weighted by molar-refractivity contribution is 5.82. The molecule has 0 aliphatic carbocycles. The van der Waals surface area contributed by atoms with Gasteiger partial charge in [0.15, 0.2) is 6.29 Å². The lowest BCUT2D eigenvalue weighted by molar-refractivity contribution is -0.162. The summed E-state index contributed by atoms with van der Waals surface area (Å²) in [5.74, 6) is -0.522. The van der Waals surface area contributed by atoms with Gasteiger partial charge in [-0.3, -0.25) is 4.79 Å². The fourth-order valence-corrected chi connectivity index (χ4v) is 3.03. The van der Waals surface area contributed by atoms with Crippen molar-refractivity contribution in [3.63, 3.8) is 0 Å². The summed E-state index contributed by atoms with van der Waals surface area (Å²) in [6.45, 7) is 7.61. The van der Waals surface area contributed by atoms with Crippen molar-refractivity contribution in [3.8, 4) is 0 Å². The van der Waals surface area contributed by atoms with Gasteiger partial charge in [0, 0.05) is 12.7 Å². The molecule has 1 unspecified atom stereocenters. The minimum Gasteiger partial charge on any atom is -0.469 e. The van der Waals surface area contributed by atoms with E-state index in [2.05, 4.69) is 0 Å². The summed E-state index contributed by atoms with van der Waals surface area (Å²) in [4.78, 5) is 23.4. The van der Waals surface area contributed by atoms with Crippen LogP contribution >= 0.6 is 0 Å². The van der Waals surface area contributed by atoms with Crippen LogP contribution in [0.1, 0.15) is 72.1 Å². The van der Waals surface area contributed by atoms with Crippen LogP contribution in [0.15, 0.2) is 11.6 Å². The molecule has 156 valence electrons. The van der Waals surface area contributed by atoms with Gasteiger partial charge in [-0.2, -0.15) is 0 Å². The summed E-state index contributed by atoms with van der Waals surface area (Å²) in [5.41, 5.74) is 0.840. The summed E-state index contributed by atoms with van der Waals surface area (Å²) in [6.07, 6.45) is 8.18. The molecule has 0 saturated carbocycles. The molecule has 1 fully saturated rings. The summed E-state index contributed by atoms with van der Waals surface area (Å²) in [7, 11) is 1.40. The highest BCUT2D eigenvalue weighted by Crippen LogP contribution is 2.30. The van der Waals surface area contributed by atoms with Gasteiger partial charge in [0.2, 0.25) is 0 Å². The van der Waals surface area contributed by atoms with E-state index in [0.29, 0.717) is 19.6 Å². The molecular weight excluding hydrogens is 348 g/mol. The summed E-state index contributed by atoms with van der Waals surface area (Å²) >= 11 is 0. The normalized spacial score (nSPS) is 18.2. The van der Waals surface area contributed by atoms with Crippen LogP contribution in [-0.2, 0) is 28.5 Å². The molecule has 6 nitrogen and oxygen atoms in total. The number of allylic oxidation sites excluding steroid dienone is 1. The van der Waals surface area contributed by atoms with Crippen molar-refractivity contribution < 1.29 is 28.5 Å². The fourth-order valence-electron chi connectivity index (χ4n) is 3.03. The molecule has 27 heavy (non-hydrogen) atoms. The maximum atomic E-state index is 11.9. The average molecular weight is 385 g/mol. The molecule has 0 aromatic heterocycles. The molecule has 1 aliphatic rings. The van der Waals surface area contributed by atoms with Gasteiger partial charge in [-0.1, -0.05) is 19.4 Å². The minimum absolute atomic E-state index is 0.0878. The SMILES string of the molecule is CCOC(=O)/C=C(/CCCOC1CCCCO1)CCC(C)(C)CC(=O)OC. The van der Waals surface area contributed by atoms with Gasteiger partial charge < -0.3 is 18.9 Å². The van der Waals surface area contributed by atoms with Crippen LogP contribution in [0.3, 0.4) is 0 Å². The van der Waals surface area contributed by atoms with E-state index in [1.165, 1.54) is 7.11 Å². The topological polar surface area (TPSA) is 71.1 Å². The predicted octanol–water partition coefficient (Wildman–Crippen LogP) is 4.17. The molecular formula is C21H36O6. The van der Waals surface area contributed by atoms with Crippen LogP contribution < -0.4 is 0 Å². The van der Waals surface area contributed by atoms with E-state index in [1.54, 1.807) is 13.0 Å². The zero-order valence-corrected chi connectivity index (χ0v) is 17.4. The molecule has 1 rings (SSSR count). The lowest BCUT2D eigenvalue weighted by atomic mass is 9.82. The minimum atomic E-state index is -0.310. The molecule has 0 amide bonds. The molecule has 0 bridgehead atoms. The van der Waals surface area contributed by atoms with Crippen LogP contribution in [0, 0.1) is 5.41 Å². The highest BCUT2D eigenvalue weighted by Gasteiger charge is 2.23. The average Bonchev–Trinajstić information content (AvgIpc) is 2.63. The standard InChI is InChI=1S/C21H36O6/c1-5-25-18(22)15-17(11-12-21(2,3)16-19(23)24-4)9-8-14-27-20-10-6-7-13-26-20/h15,20H,5-14,16H2,1-4H3/b17-15-. The zero-order valence-electron chi connectivity index (χ0n) is 17.4. The fraction of sp³-hybridized carbons (Fsp3) is 0.810. The van der Waals surface area contributed by atoms with E-state index in [1.807, 2.05) is 13.8 Å². The summed E-state index contributed by atoms with van der Waals surface area (Å²) < 4.78 is 21.2. The molecule has 0 aromatic carbocycles. The van der Waals surface area contributed by atoms with Crippen molar-refractivity contribution >= 4 is 11.9 Å². The number of rotatable bonds is 12. The Hall–Kier alpha value is -1.40. The maximum Gasteiger partial charge on any atom is 0.330 e. The molecule has 1 heterocycles. The number of methoxy groups -OCH3 is 1. The Labute approximate surface area is 163 Å². The van der Waals surface area contributed by atoms with E-state index < -0.39 is 0 Å². The van der Waals surface area contributed by atoms with Crippen LogP contribution in [0.5, 0.6) is 0 Å². The number of carbonyl (C=O) groups excluding carboxylic acids is 2. The second-order valence-corrected chi connectivity index (χ2v) is 7.74. The summed E-state index contributed by atoms with van der Waals surface area (Å²) in [6, 6.07) is 0. The van der Waals surface area contributed by atoms with Crippen molar-refractivity contribution in [1.82, 2.24) is 0 Å². The Bertz CT molecular complexity index is 477.